The summed E-state index contributed by atoms with van der Waals surface area (Å²) in [5.74, 6) is 0. The first-order chi connectivity index (χ1) is 7.77. The Labute approximate surface area is 95.4 Å². The van der Waals surface area contributed by atoms with Gasteiger partial charge in [-0.2, -0.15) is 4.99 Å². The van der Waals surface area contributed by atoms with Gasteiger partial charge < -0.3 is 0 Å². The third-order valence-electron chi connectivity index (χ3n) is 2.25. The lowest BCUT2D eigenvalue weighted by Gasteiger charge is -1.99. The minimum absolute atomic E-state index is 0.235. The van der Waals surface area contributed by atoms with Crippen LogP contribution in [0.2, 0.25) is 0 Å². The molecular formula is C14H14N2. The smallest absolute Gasteiger partial charge is 0.0951 e. The number of rotatable bonds is 2. The van der Waals surface area contributed by atoms with E-state index in [1.807, 2.05) is 38.1 Å². The second kappa shape index (κ2) is 4.73. The summed E-state index contributed by atoms with van der Waals surface area (Å²) in [5.41, 5.74) is 0.919. The van der Waals surface area contributed by atoms with E-state index in [0.29, 0.717) is 0 Å². The maximum absolute atomic E-state index is 4.26. The van der Waals surface area contributed by atoms with Gasteiger partial charge in [0.15, 0.2) is 0 Å². The van der Waals surface area contributed by atoms with Crippen LogP contribution in [0.1, 0.15) is 13.8 Å². The summed E-state index contributed by atoms with van der Waals surface area (Å²) in [6.45, 7) is 4.01. The topological polar surface area (TPSA) is 24.7 Å². The zero-order valence-electron chi connectivity index (χ0n) is 9.51. The van der Waals surface area contributed by atoms with E-state index in [9.17, 15) is 0 Å². The van der Waals surface area contributed by atoms with Gasteiger partial charge in [-0.1, -0.05) is 36.4 Å². The molecule has 0 aliphatic heterocycles. The third kappa shape index (κ3) is 2.36. The van der Waals surface area contributed by atoms with Crippen LogP contribution in [0.4, 0.5) is 5.69 Å². The second-order valence-corrected chi connectivity index (χ2v) is 3.93. The van der Waals surface area contributed by atoms with Gasteiger partial charge in [0.05, 0.1) is 17.7 Å². The summed E-state index contributed by atoms with van der Waals surface area (Å²) in [4.78, 5) is 8.37. The SMILES string of the molecule is CC(C)N=C=Nc1cccc2ccccc12. The molecule has 0 atom stereocenters. The van der Waals surface area contributed by atoms with Crippen molar-refractivity contribution in [1.82, 2.24) is 0 Å². The van der Waals surface area contributed by atoms with E-state index in [1.165, 1.54) is 5.39 Å². The molecule has 0 aliphatic carbocycles. The summed E-state index contributed by atoms with van der Waals surface area (Å²) in [6.07, 6.45) is 0. The highest BCUT2D eigenvalue weighted by Crippen LogP contribution is 2.24. The maximum atomic E-state index is 4.26. The van der Waals surface area contributed by atoms with Crippen LogP contribution in [-0.2, 0) is 0 Å². The molecule has 2 aromatic rings. The zero-order chi connectivity index (χ0) is 11.4. The first kappa shape index (κ1) is 10.6. The van der Waals surface area contributed by atoms with E-state index >= 15 is 0 Å². The predicted molar refractivity (Wildman–Crippen MR) is 68.6 cm³/mol. The fourth-order valence-electron chi connectivity index (χ4n) is 1.50. The van der Waals surface area contributed by atoms with E-state index in [1.54, 1.807) is 0 Å². The van der Waals surface area contributed by atoms with Crippen molar-refractivity contribution in [1.29, 1.82) is 0 Å². The molecule has 0 unspecified atom stereocenters. The molecule has 2 aromatic carbocycles. The van der Waals surface area contributed by atoms with Gasteiger partial charge in [-0.25, -0.2) is 4.99 Å². The monoisotopic (exact) mass is 210 g/mol. The summed E-state index contributed by atoms with van der Waals surface area (Å²) >= 11 is 0. The highest BCUT2D eigenvalue weighted by atomic mass is 14.8. The molecule has 80 valence electrons. The molecule has 16 heavy (non-hydrogen) atoms. The average Bonchev–Trinajstić information content (AvgIpc) is 2.29. The molecule has 0 heterocycles. The molecular weight excluding hydrogens is 196 g/mol. The molecule has 2 rings (SSSR count). The van der Waals surface area contributed by atoms with Gasteiger partial charge >= 0.3 is 0 Å². The number of hydrogen-bond donors (Lipinski definition) is 0. The summed E-state index contributed by atoms with van der Waals surface area (Å²) in [7, 11) is 0. The molecule has 0 aromatic heterocycles. The second-order valence-electron chi connectivity index (χ2n) is 3.93. The number of benzene rings is 2. The van der Waals surface area contributed by atoms with E-state index in [4.69, 9.17) is 0 Å². The van der Waals surface area contributed by atoms with Gasteiger partial charge in [-0.3, -0.25) is 0 Å². The fraction of sp³-hybridized carbons (Fsp3) is 0.214. The van der Waals surface area contributed by atoms with Crippen LogP contribution in [-0.4, -0.2) is 12.1 Å². The predicted octanol–water partition coefficient (Wildman–Crippen LogP) is 4.05. The van der Waals surface area contributed by atoms with Crippen molar-refractivity contribution in [2.24, 2.45) is 9.98 Å². The van der Waals surface area contributed by atoms with Crippen molar-refractivity contribution in [2.45, 2.75) is 19.9 Å². The van der Waals surface area contributed by atoms with Crippen LogP contribution in [0.5, 0.6) is 0 Å². The minimum atomic E-state index is 0.235. The lowest BCUT2D eigenvalue weighted by atomic mass is 10.1. The van der Waals surface area contributed by atoms with Crippen molar-refractivity contribution in [3.8, 4) is 0 Å². The fourth-order valence-corrected chi connectivity index (χ4v) is 1.50. The van der Waals surface area contributed by atoms with Gasteiger partial charge in [0.2, 0.25) is 0 Å². The first-order valence-corrected chi connectivity index (χ1v) is 5.41. The zero-order valence-corrected chi connectivity index (χ0v) is 9.51. The van der Waals surface area contributed by atoms with E-state index in [-0.39, 0.29) is 6.04 Å². The third-order valence-corrected chi connectivity index (χ3v) is 2.25. The molecule has 0 saturated carbocycles. The van der Waals surface area contributed by atoms with Crippen LogP contribution in [0.3, 0.4) is 0 Å². The van der Waals surface area contributed by atoms with E-state index in [0.717, 1.165) is 11.1 Å². The van der Waals surface area contributed by atoms with Crippen LogP contribution in [0.15, 0.2) is 52.4 Å². The van der Waals surface area contributed by atoms with Gasteiger partial charge in [0.1, 0.15) is 0 Å². The number of hydrogen-bond acceptors (Lipinski definition) is 2. The summed E-state index contributed by atoms with van der Waals surface area (Å²) in [6, 6.07) is 17.2. The van der Waals surface area contributed by atoms with Gasteiger partial charge in [0, 0.05) is 5.39 Å². The largest absolute Gasteiger partial charge is 0.223 e. The number of fused-ring (bicyclic) bond motifs is 1. The lowest BCUT2D eigenvalue weighted by molar-refractivity contribution is 0.842. The molecule has 0 fully saturated rings. The summed E-state index contributed by atoms with van der Waals surface area (Å²) < 4.78 is 0. The van der Waals surface area contributed by atoms with Crippen LogP contribution < -0.4 is 0 Å². The Hall–Kier alpha value is -1.92. The Balaban J connectivity index is 2.49. The van der Waals surface area contributed by atoms with E-state index < -0.39 is 0 Å². The number of aliphatic imine (C=N–C) groups is 2. The van der Waals surface area contributed by atoms with E-state index in [2.05, 4.69) is 34.2 Å². The van der Waals surface area contributed by atoms with Gasteiger partial charge in [-0.05, 0) is 25.3 Å². The van der Waals surface area contributed by atoms with Crippen LogP contribution in [0, 0.1) is 0 Å². The van der Waals surface area contributed by atoms with Crippen molar-refractivity contribution >= 4 is 22.5 Å². The Kier molecular flexibility index (Phi) is 3.13. The Morgan fingerprint density at radius 3 is 2.56 bits per heavy atom. The minimum Gasteiger partial charge on any atom is -0.223 e. The Morgan fingerprint density at radius 1 is 1.00 bits per heavy atom. The highest BCUT2D eigenvalue weighted by molar-refractivity contribution is 5.93. The molecule has 0 aliphatic rings. The Morgan fingerprint density at radius 2 is 1.75 bits per heavy atom. The molecule has 0 N–H and O–H groups in total. The van der Waals surface area contributed by atoms with Crippen molar-refractivity contribution < 1.29 is 0 Å². The normalized spacial score (nSPS) is 10.2. The quantitative estimate of drug-likeness (QED) is 0.668. The average molecular weight is 210 g/mol. The first-order valence-electron chi connectivity index (χ1n) is 5.41. The molecule has 0 bridgehead atoms. The molecule has 2 nitrogen and oxygen atoms in total. The standard InChI is InChI=1S/C14H14N2/c1-11(2)15-10-16-14-9-5-7-12-6-3-4-8-13(12)14/h3-9,11H,1-2H3. The molecule has 0 saturated heterocycles. The van der Waals surface area contributed by atoms with Crippen LogP contribution >= 0.6 is 0 Å². The molecule has 0 radical (unpaired) electrons. The van der Waals surface area contributed by atoms with Crippen molar-refractivity contribution in [3.05, 3.63) is 42.5 Å². The van der Waals surface area contributed by atoms with Crippen molar-refractivity contribution in [3.63, 3.8) is 0 Å². The lowest BCUT2D eigenvalue weighted by Crippen LogP contribution is -1.84. The summed E-state index contributed by atoms with van der Waals surface area (Å²) in [5, 5.41) is 2.33. The maximum Gasteiger partial charge on any atom is 0.0951 e. The van der Waals surface area contributed by atoms with Gasteiger partial charge in [0.25, 0.3) is 0 Å². The van der Waals surface area contributed by atoms with Crippen LogP contribution in [0.25, 0.3) is 10.8 Å². The number of nitrogens with zero attached hydrogens (tertiary/aromatic N) is 2. The Bertz CT molecular complexity index is 544. The molecule has 0 amide bonds. The van der Waals surface area contributed by atoms with Crippen molar-refractivity contribution in [2.75, 3.05) is 0 Å². The highest BCUT2D eigenvalue weighted by Gasteiger charge is 1.96. The molecule has 0 spiro atoms. The molecule has 2 heteroatoms. The van der Waals surface area contributed by atoms with Gasteiger partial charge in [-0.15, -0.1) is 0 Å².